The van der Waals surface area contributed by atoms with Crippen molar-refractivity contribution in [1.29, 1.82) is 0 Å². The predicted molar refractivity (Wildman–Crippen MR) is 53.2 cm³/mol. The third-order valence-corrected chi connectivity index (χ3v) is 2.77. The van der Waals surface area contributed by atoms with Gasteiger partial charge in [0.15, 0.2) is 0 Å². The lowest BCUT2D eigenvalue weighted by Crippen LogP contribution is -2.11. The Balaban J connectivity index is 2.96. The molecule has 1 aromatic carbocycles. The van der Waals surface area contributed by atoms with Gasteiger partial charge in [-0.3, -0.25) is 0 Å². The predicted octanol–water partition coefficient (Wildman–Crippen LogP) is 2.09. The van der Waals surface area contributed by atoms with E-state index in [4.69, 9.17) is 17.3 Å². The molecule has 66 valence electrons. The lowest BCUT2D eigenvalue weighted by atomic mass is 10.1. The van der Waals surface area contributed by atoms with E-state index in [-0.39, 0.29) is 6.54 Å². The average molecular weight is 251 g/mol. The molecule has 3 N–H and O–H groups in total. The van der Waals surface area contributed by atoms with E-state index in [9.17, 15) is 5.11 Å². The third kappa shape index (κ3) is 2.20. The smallest absolute Gasteiger partial charge is 0.0912 e. The molecule has 0 aromatic heterocycles. The van der Waals surface area contributed by atoms with Crippen LogP contribution >= 0.6 is 27.5 Å². The molecule has 12 heavy (non-hydrogen) atoms. The molecule has 0 fully saturated rings. The van der Waals surface area contributed by atoms with Crippen LogP contribution in [0.15, 0.2) is 22.7 Å². The fraction of sp³-hybridized carbons (Fsp3) is 0.250. The second kappa shape index (κ2) is 4.23. The highest BCUT2D eigenvalue weighted by molar-refractivity contribution is 9.10. The molecule has 0 aliphatic carbocycles. The SMILES string of the molecule is NC[C@@H](O)c1ccc(Cl)c(Br)c1. The van der Waals surface area contributed by atoms with Gasteiger partial charge in [0.05, 0.1) is 11.1 Å². The Morgan fingerprint density at radius 1 is 1.58 bits per heavy atom. The van der Waals surface area contributed by atoms with Crippen LogP contribution in [0, 0.1) is 0 Å². The molecule has 1 aromatic rings. The summed E-state index contributed by atoms with van der Waals surface area (Å²) in [6.45, 7) is 0.216. The van der Waals surface area contributed by atoms with Gasteiger partial charge < -0.3 is 10.8 Å². The maximum Gasteiger partial charge on any atom is 0.0912 e. The van der Waals surface area contributed by atoms with E-state index in [0.29, 0.717) is 5.02 Å². The summed E-state index contributed by atoms with van der Waals surface area (Å²) in [6, 6.07) is 5.24. The van der Waals surface area contributed by atoms with E-state index in [0.717, 1.165) is 10.0 Å². The van der Waals surface area contributed by atoms with Crippen molar-refractivity contribution >= 4 is 27.5 Å². The highest BCUT2D eigenvalue weighted by Crippen LogP contribution is 2.25. The number of benzene rings is 1. The molecular formula is C8H9BrClNO. The van der Waals surface area contributed by atoms with Gasteiger partial charge >= 0.3 is 0 Å². The first kappa shape index (κ1) is 9.99. The van der Waals surface area contributed by atoms with Gasteiger partial charge in [-0.05, 0) is 33.6 Å². The van der Waals surface area contributed by atoms with Crippen molar-refractivity contribution in [1.82, 2.24) is 0 Å². The Morgan fingerprint density at radius 3 is 2.75 bits per heavy atom. The van der Waals surface area contributed by atoms with Crippen molar-refractivity contribution in [2.24, 2.45) is 5.73 Å². The topological polar surface area (TPSA) is 46.2 Å². The Hall–Kier alpha value is -0.0900. The summed E-state index contributed by atoms with van der Waals surface area (Å²) in [5, 5.41) is 9.98. The maximum absolute atomic E-state index is 9.36. The molecule has 0 saturated carbocycles. The van der Waals surface area contributed by atoms with Crippen LogP contribution in [0.1, 0.15) is 11.7 Å². The summed E-state index contributed by atoms with van der Waals surface area (Å²) in [6.07, 6.45) is -0.612. The zero-order valence-electron chi connectivity index (χ0n) is 6.30. The molecule has 0 radical (unpaired) electrons. The zero-order valence-corrected chi connectivity index (χ0v) is 8.64. The Bertz CT molecular complexity index is 280. The van der Waals surface area contributed by atoms with Crippen molar-refractivity contribution in [3.05, 3.63) is 33.3 Å². The van der Waals surface area contributed by atoms with E-state index in [1.165, 1.54) is 0 Å². The number of hydrogen-bond donors (Lipinski definition) is 2. The van der Waals surface area contributed by atoms with Gasteiger partial charge in [0.1, 0.15) is 0 Å². The zero-order chi connectivity index (χ0) is 9.14. The quantitative estimate of drug-likeness (QED) is 0.844. The number of nitrogens with two attached hydrogens (primary N) is 1. The number of aliphatic hydroxyl groups is 1. The first-order chi connectivity index (χ1) is 5.65. The monoisotopic (exact) mass is 249 g/mol. The molecule has 0 heterocycles. The summed E-state index contributed by atoms with van der Waals surface area (Å²) in [7, 11) is 0. The summed E-state index contributed by atoms with van der Waals surface area (Å²) in [5.74, 6) is 0. The van der Waals surface area contributed by atoms with Crippen LogP contribution in [-0.4, -0.2) is 11.7 Å². The molecular weight excluding hydrogens is 241 g/mol. The lowest BCUT2D eigenvalue weighted by molar-refractivity contribution is 0.186. The Morgan fingerprint density at radius 2 is 2.25 bits per heavy atom. The van der Waals surface area contributed by atoms with Crippen LogP contribution < -0.4 is 5.73 Å². The fourth-order valence-corrected chi connectivity index (χ4v) is 1.37. The van der Waals surface area contributed by atoms with Gasteiger partial charge in [0, 0.05) is 11.0 Å². The van der Waals surface area contributed by atoms with E-state index in [2.05, 4.69) is 15.9 Å². The second-order valence-corrected chi connectivity index (χ2v) is 3.69. The molecule has 0 saturated heterocycles. The van der Waals surface area contributed by atoms with Gasteiger partial charge in [-0.25, -0.2) is 0 Å². The van der Waals surface area contributed by atoms with E-state index in [1.807, 2.05) is 0 Å². The van der Waals surface area contributed by atoms with E-state index >= 15 is 0 Å². The Kier molecular flexibility index (Phi) is 3.53. The van der Waals surface area contributed by atoms with Gasteiger partial charge in [-0.1, -0.05) is 17.7 Å². The van der Waals surface area contributed by atoms with Crippen molar-refractivity contribution in [2.75, 3.05) is 6.54 Å². The first-order valence-electron chi connectivity index (χ1n) is 3.48. The second-order valence-electron chi connectivity index (χ2n) is 2.43. The van der Waals surface area contributed by atoms with E-state index < -0.39 is 6.10 Å². The van der Waals surface area contributed by atoms with Crippen LogP contribution in [0.25, 0.3) is 0 Å². The maximum atomic E-state index is 9.36. The minimum Gasteiger partial charge on any atom is -0.387 e. The largest absolute Gasteiger partial charge is 0.387 e. The van der Waals surface area contributed by atoms with Crippen LogP contribution in [0.4, 0.5) is 0 Å². The highest BCUT2D eigenvalue weighted by Gasteiger charge is 2.06. The van der Waals surface area contributed by atoms with Crippen LogP contribution in [0.5, 0.6) is 0 Å². The number of rotatable bonds is 2. The van der Waals surface area contributed by atoms with Gasteiger partial charge in [0.2, 0.25) is 0 Å². The third-order valence-electron chi connectivity index (χ3n) is 1.55. The molecule has 0 aliphatic rings. The molecule has 4 heteroatoms. The van der Waals surface area contributed by atoms with Crippen molar-refractivity contribution in [2.45, 2.75) is 6.10 Å². The standard InChI is InChI=1S/C8H9BrClNO/c9-6-3-5(8(12)4-11)1-2-7(6)10/h1-3,8,12H,4,11H2/t8-/m1/s1. The fourth-order valence-electron chi connectivity index (χ4n) is 0.856. The molecule has 0 spiro atoms. The van der Waals surface area contributed by atoms with E-state index in [1.54, 1.807) is 18.2 Å². The van der Waals surface area contributed by atoms with Crippen LogP contribution in [0.3, 0.4) is 0 Å². The Labute approximate surface area is 84.5 Å². The highest BCUT2D eigenvalue weighted by atomic mass is 79.9. The van der Waals surface area contributed by atoms with Crippen LogP contribution in [-0.2, 0) is 0 Å². The molecule has 2 nitrogen and oxygen atoms in total. The van der Waals surface area contributed by atoms with Gasteiger partial charge in [-0.2, -0.15) is 0 Å². The van der Waals surface area contributed by atoms with Crippen molar-refractivity contribution < 1.29 is 5.11 Å². The van der Waals surface area contributed by atoms with Crippen molar-refractivity contribution in [3.63, 3.8) is 0 Å². The summed E-state index contributed by atoms with van der Waals surface area (Å²) in [5.41, 5.74) is 6.07. The molecule has 0 amide bonds. The molecule has 0 bridgehead atoms. The molecule has 1 atom stereocenters. The van der Waals surface area contributed by atoms with Gasteiger partial charge in [0.25, 0.3) is 0 Å². The molecule has 0 unspecified atom stereocenters. The lowest BCUT2D eigenvalue weighted by Gasteiger charge is -2.08. The summed E-state index contributed by atoms with van der Waals surface area (Å²) in [4.78, 5) is 0. The minimum atomic E-state index is -0.612. The van der Waals surface area contributed by atoms with Gasteiger partial charge in [-0.15, -0.1) is 0 Å². The molecule has 1 rings (SSSR count). The minimum absolute atomic E-state index is 0.216. The summed E-state index contributed by atoms with van der Waals surface area (Å²) < 4.78 is 0.772. The van der Waals surface area contributed by atoms with Crippen molar-refractivity contribution in [3.8, 4) is 0 Å². The molecule has 0 aliphatic heterocycles. The number of hydrogen-bond acceptors (Lipinski definition) is 2. The normalized spacial score (nSPS) is 13.0. The number of aliphatic hydroxyl groups excluding tert-OH is 1. The summed E-state index contributed by atoms with van der Waals surface area (Å²) >= 11 is 9.03. The number of halogens is 2. The van der Waals surface area contributed by atoms with Crippen LogP contribution in [0.2, 0.25) is 5.02 Å². The average Bonchev–Trinajstić information content (AvgIpc) is 2.08. The first-order valence-corrected chi connectivity index (χ1v) is 4.65.